The highest BCUT2D eigenvalue weighted by Crippen LogP contribution is 2.19. The Morgan fingerprint density at radius 2 is 2.06 bits per heavy atom. The fourth-order valence-corrected chi connectivity index (χ4v) is 1.57. The van der Waals surface area contributed by atoms with E-state index in [0.717, 1.165) is 0 Å². The van der Waals surface area contributed by atoms with E-state index in [-0.39, 0.29) is 11.2 Å². The highest BCUT2D eigenvalue weighted by Gasteiger charge is 2.14. The molecule has 0 saturated carbocycles. The van der Waals surface area contributed by atoms with Crippen molar-refractivity contribution in [1.82, 2.24) is 24.9 Å². The Bertz CT molecular complexity index is 806. The first-order valence-electron chi connectivity index (χ1n) is 4.78. The standard InChI is InChI=1S/C9H7N5O3/c1-3-5(17-2-10-3)7-11-4-6(12-7)13-9(16)14-8(4)15/h2H,1H3,(H3,11,12,13,14,15,16). The van der Waals surface area contributed by atoms with Gasteiger partial charge in [0, 0.05) is 0 Å². The average molecular weight is 233 g/mol. The molecule has 3 rings (SSSR count). The Balaban J connectivity index is 2.35. The Morgan fingerprint density at radius 3 is 2.76 bits per heavy atom. The Labute approximate surface area is 92.7 Å². The zero-order valence-electron chi connectivity index (χ0n) is 8.70. The molecule has 0 aliphatic carbocycles. The number of imidazole rings is 1. The molecule has 0 aromatic carbocycles. The first-order chi connectivity index (χ1) is 8.15. The molecule has 0 fully saturated rings. The van der Waals surface area contributed by atoms with Crippen molar-refractivity contribution < 1.29 is 4.42 Å². The lowest BCUT2D eigenvalue weighted by molar-refractivity contribution is 0.567. The first-order valence-corrected chi connectivity index (χ1v) is 4.78. The second kappa shape index (κ2) is 3.17. The molecule has 0 bridgehead atoms. The van der Waals surface area contributed by atoms with Crippen molar-refractivity contribution >= 4 is 11.2 Å². The summed E-state index contributed by atoms with van der Waals surface area (Å²) in [6, 6.07) is 0. The molecule has 3 N–H and O–H groups in total. The molecular formula is C9H7N5O3. The van der Waals surface area contributed by atoms with E-state index >= 15 is 0 Å². The van der Waals surface area contributed by atoms with Crippen LogP contribution >= 0.6 is 0 Å². The fourth-order valence-electron chi connectivity index (χ4n) is 1.57. The van der Waals surface area contributed by atoms with E-state index in [1.54, 1.807) is 6.92 Å². The Kier molecular flexibility index (Phi) is 1.79. The van der Waals surface area contributed by atoms with E-state index in [1.807, 2.05) is 0 Å². The number of nitrogens with one attached hydrogen (secondary N) is 3. The number of aromatic nitrogens is 5. The van der Waals surface area contributed by atoms with Crippen molar-refractivity contribution in [1.29, 1.82) is 0 Å². The van der Waals surface area contributed by atoms with Gasteiger partial charge in [0.05, 0.1) is 5.69 Å². The number of hydrogen-bond acceptors (Lipinski definition) is 5. The molecule has 17 heavy (non-hydrogen) atoms. The van der Waals surface area contributed by atoms with Gasteiger partial charge in [-0.05, 0) is 6.92 Å². The van der Waals surface area contributed by atoms with E-state index < -0.39 is 11.2 Å². The van der Waals surface area contributed by atoms with E-state index in [1.165, 1.54) is 6.39 Å². The minimum Gasteiger partial charge on any atom is -0.440 e. The summed E-state index contributed by atoms with van der Waals surface area (Å²) in [4.78, 5) is 37.8. The molecule has 86 valence electrons. The predicted molar refractivity (Wildman–Crippen MR) is 57.6 cm³/mol. The third kappa shape index (κ3) is 1.38. The van der Waals surface area contributed by atoms with Crippen LogP contribution in [0.3, 0.4) is 0 Å². The molecule has 0 amide bonds. The van der Waals surface area contributed by atoms with Gasteiger partial charge in [0.2, 0.25) is 0 Å². The van der Waals surface area contributed by atoms with Crippen molar-refractivity contribution in [3.63, 3.8) is 0 Å². The molecule has 0 aliphatic heterocycles. The Hall–Kier alpha value is -2.64. The van der Waals surface area contributed by atoms with Gasteiger partial charge in [-0.3, -0.25) is 14.8 Å². The van der Waals surface area contributed by atoms with Crippen LogP contribution in [0.5, 0.6) is 0 Å². The average Bonchev–Trinajstić information content (AvgIpc) is 2.83. The summed E-state index contributed by atoms with van der Waals surface area (Å²) in [7, 11) is 0. The maximum Gasteiger partial charge on any atom is 0.327 e. The van der Waals surface area contributed by atoms with Gasteiger partial charge in [0.25, 0.3) is 5.56 Å². The topological polar surface area (TPSA) is 120 Å². The van der Waals surface area contributed by atoms with Gasteiger partial charge < -0.3 is 9.40 Å². The maximum absolute atomic E-state index is 11.5. The number of nitrogens with zero attached hydrogens (tertiary/aromatic N) is 2. The van der Waals surface area contributed by atoms with Crippen molar-refractivity contribution in [2.24, 2.45) is 0 Å². The number of oxazole rings is 1. The summed E-state index contributed by atoms with van der Waals surface area (Å²) >= 11 is 0. The lowest BCUT2D eigenvalue weighted by Gasteiger charge is -1.88. The van der Waals surface area contributed by atoms with Crippen LogP contribution in [0.1, 0.15) is 5.69 Å². The van der Waals surface area contributed by atoms with Gasteiger partial charge in [-0.1, -0.05) is 0 Å². The highest BCUT2D eigenvalue weighted by atomic mass is 16.3. The number of aromatic amines is 3. The highest BCUT2D eigenvalue weighted by molar-refractivity contribution is 5.73. The fraction of sp³-hybridized carbons (Fsp3) is 0.111. The second-order valence-electron chi connectivity index (χ2n) is 3.48. The lowest BCUT2D eigenvalue weighted by Crippen LogP contribution is -2.21. The van der Waals surface area contributed by atoms with Gasteiger partial charge in [-0.25, -0.2) is 14.8 Å². The minimum absolute atomic E-state index is 0.185. The zero-order chi connectivity index (χ0) is 12.0. The largest absolute Gasteiger partial charge is 0.440 e. The molecule has 3 heterocycles. The first kappa shape index (κ1) is 9.58. The molecule has 8 heteroatoms. The molecule has 0 saturated heterocycles. The quantitative estimate of drug-likeness (QED) is 0.542. The SMILES string of the molecule is Cc1ncoc1-c1nc2[nH]c(=O)[nH]c(=O)c2[nH]1. The van der Waals surface area contributed by atoms with E-state index in [4.69, 9.17) is 4.42 Å². The summed E-state index contributed by atoms with van der Waals surface area (Å²) in [5, 5.41) is 0. The number of H-pyrrole nitrogens is 3. The van der Waals surface area contributed by atoms with Crippen molar-refractivity contribution in [3.8, 4) is 11.6 Å². The maximum atomic E-state index is 11.5. The molecule has 3 aromatic heterocycles. The van der Waals surface area contributed by atoms with Crippen molar-refractivity contribution in [3.05, 3.63) is 32.9 Å². The summed E-state index contributed by atoms with van der Waals surface area (Å²) in [6.07, 6.45) is 1.28. The van der Waals surface area contributed by atoms with Crippen LogP contribution in [-0.2, 0) is 0 Å². The number of fused-ring (bicyclic) bond motifs is 1. The minimum atomic E-state index is -0.602. The van der Waals surface area contributed by atoms with Crippen LogP contribution in [0.25, 0.3) is 22.7 Å². The molecule has 0 aliphatic rings. The van der Waals surface area contributed by atoms with Crippen molar-refractivity contribution in [2.45, 2.75) is 6.92 Å². The van der Waals surface area contributed by atoms with Gasteiger partial charge in [-0.2, -0.15) is 0 Å². The number of hydrogen-bond donors (Lipinski definition) is 3. The van der Waals surface area contributed by atoms with Crippen LogP contribution in [0.4, 0.5) is 0 Å². The molecule has 0 spiro atoms. The molecule has 8 nitrogen and oxygen atoms in total. The third-order valence-electron chi connectivity index (χ3n) is 2.35. The summed E-state index contributed by atoms with van der Waals surface area (Å²) < 4.78 is 5.14. The lowest BCUT2D eigenvalue weighted by atomic mass is 10.3. The van der Waals surface area contributed by atoms with E-state index in [9.17, 15) is 9.59 Å². The van der Waals surface area contributed by atoms with Crippen LogP contribution in [0.15, 0.2) is 20.4 Å². The summed E-state index contributed by atoms with van der Waals surface area (Å²) in [5.74, 6) is 0.781. The number of aryl methyl sites for hydroxylation is 1. The van der Waals surface area contributed by atoms with E-state index in [0.29, 0.717) is 17.3 Å². The van der Waals surface area contributed by atoms with Crippen molar-refractivity contribution in [2.75, 3.05) is 0 Å². The normalized spacial score (nSPS) is 11.1. The van der Waals surface area contributed by atoms with Gasteiger partial charge >= 0.3 is 5.69 Å². The van der Waals surface area contributed by atoms with Gasteiger partial charge in [0.15, 0.2) is 23.6 Å². The van der Waals surface area contributed by atoms with Crippen LogP contribution in [0, 0.1) is 6.92 Å². The Morgan fingerprint density at radius 1 is 1.24 bits per heavy atom. The summed E-state index contributed by atoms with van der Waals surface area (Å²) in [5.41, 5.74) is -0.114. The monoisotopic (exact) mass is 233 g/mol. The van der Waals surface area contributed by atoms with Gasteiger partial charge in [-0.15, -0.1) is 0 Å². The third-order valence-corrected chi connectivity index (χ3v) is 2.35. The molecule has 3 aromatic rings. The van der Waals surface area contributed by atoms with E-state index in [2.05, 4.69) is 24.9 Å². The second-order valence-corrected chi connectivity index (χ2v) is 3.48. The molecule has 0 atom stereocenters. The number of rotatable bonds is 1. The predicted octanol–water partition coefficient (Wildman–Crippen LogP) is -0.0971. The molecule has 0 radical (unpaired) electrons. The molecule has 0 unspecified atom stereocenters. The molecular weight excluding hydrogens is 226 g/mol. The summed E-state index contributed by atoms with van der Waals surface area (Å²) in [6.45, 7) is 1.75. The van der Waals surface area contributed by atoms with Crippen LogP contribution < -0.4 is 11.2 Å². The zero-order valence-corrected chi connectivity index (χ0v) is 8.70. The van der Waals surface area contributed by atoms with Gasteiger partial charge in [0.1, 0.15) is 5.52 Å². The van der Waals surface area contributed by atoms with Crippen LogP contribution in [-0.4, -0.2) is 24.9 Å². The van der Waals surface area contributed by atoms with Crippen LogP contribution in [0.2, 0.25) is 0 Å². The smallest absolute Gasteiger partial charge is 0.327 e.